The van der Waals surface area contributed by atoms with Crippen molar-refractivity contribution in [2.24, 2.45) is 5.92 Å². The first-order valence-corrected chi connectivity index (χ1v) is 13.3. The number of ether oxygens (including phenoxy) is 3. The predicted molar refractivity (Wildman–Crippen MR) is 139 cm³/mol. The number of nitrogens with zero attached hydrogens (tertiary/aromatic N) is 1. The van der Waals surface area contributed by atoms with Crippen molar-refractivity contribution in [2.45, 2.75) is 17.4 Å². The summed E-state index contributed by atoms with van der Waals surface area (Å²) in [6, 6.07) is 22.2. The lowest BCUT2D eigenvalue weighted by atomic mass is 9.86. The molecule has 1 aliphatic heterocycles. The minimum absolute atomic E-state index is 0.0417. The van der Waals surface area contributed by atoms with Crippen molar-refractivity contribution in [3.05, 3.63) is 100 Å². The van der Waals surface area contributed by atoms with Gasteiger partial charge in [0.15, 0.2) is 21.3 Å². The largest absolute Gasteiger partial charge is 0.493 e. The molecule has 0 spiro atoms. The van der Waals surface area contributed by atoms with Crippen LogP contribution in [0.25, 0.3) is 10.8 Å². The summed E-state index contributed by atoms with van der Waals surface area (Å²) in [6.07, 6.45) is -0.0346. The third-order valence-electron chi connectivity index (χ3n) is 6.71. The van der Waals surface area contributed by atoms with Gasteiger partial charge in [0, 0.05) is 23.6 Å². The number of non-ortho nitro benzene ring substituents is 1. The standard InChI is InChI=1S/C28H25NO7S/c1-34-26-15-19-8-13-25-24(23(19)16-27(26)35-2)14-20(28(36-25)18-6-4-3-5-7-18)17-37(32,33)22-11-9-21(10-12-22)29(30)31/h3-13,15-16,20,28H,14,17H2,1-2H3. The third kappa shape index (κ3) is 4.70. The average molecular weight is 520 g/mol. The van der Waals surface area contributed by atoms with E-state index in [1.54, 1.807) is 14.2 Å². The number of nitro groups is 1. The van der Waals surface area contributed by atoms with Crippen molar-refractivity contribution in [3.63, 3.8) is 0 Å². The molecule has 0 fully saturated rings. The average Bonchev–Trinajstić information content (AvgIpc) is 2.92. The molecule has 1 heterocycles. The monoisotopic (exact) mass is 519 g/mol. The summed E-state index contributed by atoms with van der Waals surface area (Å²) in [4.78, 5) is 10.5. The van der Waals surface area contributed by atoms with Crippen molar-refractivity contribution in [1.29, 1.82) is 0 Å². The lowest BCUT2D eigenvalue weighted by molar-refractivity contribution is -0.384. The molecule has 0 aliphatic carbocycles. The van der Waals surface area contributed by atoms with Gasteiger partial charge in [-0.2, -0.15) is 0 Å². The zero-order valence-electron chi connectivity index (χ0n) is 20.3. The molecule has 5 rings (SSSR count). The van der Waals surface area contributed by atoms with E-state index in [1.807, 2.05) is 54.6 Å². The Bertz CT molecular complexity index is 1570. The van der Waals surface area contributed by atoms with E-state index < -0.39 is 26.8 Å². The van der Waals surface area contributed by atoms with Crippen LogP contribution in [-0.4, -0.2) is 33.3 Å². The van der Waals surface area contributed by atoms with E-state index in [0.717, 1.165) is 21.9 Å². The fraction of sp³-hybridized carbons (Fsp3) is 0.214. The molecule has 1 aliphatic rings. The minimum Gasteiger partial charge on any atom is -0.493 e. The van der Waals surface area contributed by atoms with Crippen molar-refractivity contribution < 1.29 is 27.6 Å². The molecule has 0 bridgehead atoms. The Labute approximate surface area is 214 Å². The maximum Gasteiger partial charge on any atom is 0.269 e. The molecule has 0 saturated heterocycles. The van der Waals surface area contributed by atoms with E-state index in [0.29, 0.717) is 23.7 Å². The molecule has 4 aromatic carbocycles. The van der Waals surface area contributed by atoms with Gasteiger partial charge in [0.25, 0.3) is 5.69 Å². The molecule has 0 amide bonds. The number of hydrogen-bond donors (Lipinski definition) is 0. The van der Waals surface area contributed by atoms with E-state index in [4.69, 9.17) is 14.2 Å². The van der Waals surface area contributed by atoms with Gasteiger partial charge in [-0.1, -0.05) is 36.4 Å². The fourth-order valence-corrected chi connectivity index (χ4v) is 6.50. The maximum absolute atomic E-state index is 13.5. The lowest BCUT2D eigenvalue weighted by Crippen LogP contribution is -2.31. The normalized spacial score (nSPS) is 17.0. The van der Waals surface area contributed by atoms with Crippen molar-refractivity contribution >= 4 is 26.3 Å². The van der Waals surface area contributed by atoms with Crippen LogP contribution in [0.15, 0.2) is 83.8 Å². The van der Waals surface area contributed by atoms with Crippen LogP contribution < -0.4 is 14.2 Å². The zero-order chi connectivity index (χ0) is 26.2. The van der Waals surface area contributed by atoms with Crippen LogP contribution >= 0.6 is 0 Å². The second-order valence-electron chi connectivity index (χ2n) is 8.92. The summed E-state index contributed by atoms with van der Waals surface area (Å²) < 4.78 is 44.3. The number of sulfone groups is 1. The Hall–Kier alpha value is -4.11. The first-order chi connectivity index (χ1) is 17.8. The summed E-state index contributed by atoms with van der Waals surface area (Å²) in [6.45, 7) is 0. The second-order valence-corrected chi connectivity index (χ2v) is 11.0. The first kappa shape index (κ1) is 24.6. The van der Waals surface area contributed by atoms with Gasteiger partial charge in [-0.05, 0) is 53.1 Å². The van der Waals surface area contributed by atoms with Gasteiger partial charge in [-0.15, -0.1) is 0 Å². The number of benzene rings is 4. The van der Waals surface area contributed by atoms with Gasteiger partial charge < -0.3 is 14.2 Å². The Morgan fingerprint density at radius 1 is 0.946 bits per heavy atom. The second kappa shape index (κ2) is 9.74. The number of hydrogen-bond acceptors (Lipinski definition) is 7. The van der Waals surface area contributed by atoms with Gasteiger partial charge in [-0.25, -0.2) is 8.42 Å². The number of fused-ring (bicyclic) bond motifs is 3. The van der Waals surface area contributed by atoms with Gasteiger partial charge in [0.1, 0.15) is 11.9 Å². The summed E-state index contributed by atoms with van der Waals surface area (Å²) in [5.41, 5.74) is 1.62. The molecule has 2 unspecified atom stereocenters. The van der Waals surface area contributed by atoms with E-state index in [-0.39, 0.29) is 16.3 Å². The van der Waals surface area contributed by atoms with E-state index in [1.165, 1.54) is 24.3 Å². The van der Waals surface area contributed by atoms with Crippen LogP contribution in [0.5, 0.6) is 17.2 Å². The molecular formula is C28H25NO7S. The zero-order valence-corrected chi connectivity index (χ0v) is 21.1. The first-order valence-electron chi connectivity index (χ1n) is 11.7. The molecule has 0 aromatic heterocycles. The molecular weight excluding hydrogens is 494 g/mol. The van der Waals surface area contributed by atoms with Crippen LogP contribution in [-0.2, 0) is 16.3 Å². The van der Waals surface area contributed by atoms with E-state index >= 15 is 0 Å². The van der Waals surface area contributed by atoms with Crippen LogP contribution in [0.4, 0.5) is 5.69 Å². The highest BCUT2D eigenvalue weighted by Crippen LogP contribution is 2.45. The fourth-order valence-electron chi connectivity index (χ4n) is 4.90. The highest BCUT2D eigenvalue weighted by atomic mass is 32.2. The van der Waals surface area contributed by atoms with Crippen LogP contribution in [0.1, 0.15) is 17.2 Å². The quantitative estimate of drug-likeness (QED) is 0.233. The molecule has 2 atom stereocenters. The molecule has 4 aromatic rings. The summed E-state index contributed by atoms with van der Waals surface area (Å²) in [5.74, 6) is 1.27. The topological polar surface area (TPSA) is 105 Å². The number of nitro benzene ring substituents is 1. The molecule has 0 N–H and O–H groups in total. The van der Waals surface area contributed by atoms with Gasteiger partial charge in [-0.3, -0.25) is 10.1 Å². The molecule has 0 radical (unpaired) electrons. The SMILES string of the molecule is COc1cc2ccc3c(c2cc1OC)CC(CS(=O)(=O)c1ccc([N+](=O)[O-])cc1)C(c1ccccc1)O3. The van der Waals surface area contributed by atoms with Crippen LogP contribution in [0, 0.1) is 16.0 Å². The van der Waals surface area contributed by atoms with Crippen LogP contribution in [0.2, 0.25) is 0 Å². The molecule has 37 heavy (non-hydrogen) atoms. The summed E-state index contributed by atoms with van der Waals surface area (Å²) in [5, 5.41) is 12.8. The van der Waals surface area contributed by atoms with Crippen molar-refractivity contribution in [1.82, 2.24) is 0 Å². The minimum atomic E-state index is -3.77. The highest BCUT2D eigenvalue weighted by Gasteiger charge is 2.36. The lowest BCUT2D eigenvalue weighted by Gasteiger charge is -2.34. The molecule has 9 heteroatoms. The Morgan fingerprint density at radius 3 is 2.27 bits per heavy atom. The van der Waals surface area contributed by atoms with Gasteiger partial charge >= 0.3 is 0 Å². The smallest absolute Gasteiger partial charge is 0.269 e. The number of methoxy groups -OCH3 is 2. The Balaban J connectivity index is 1.58. The third-order valence-corrected chi connectivity index (χ3v) is 8.57. The molecule has 0 saturated carbocycles. The van der Waals surface area contributed by atoms with E-state index in [2.05, 4.69) is 0 Å². The van der Waals surface area contributed by atoms with Gasteiger partial charge in [0.2, 0.25) is 0 Å². The maximum atomic E-state index is 13.5. The van der Waals surface area contributed by atoms with Gasteiger partial charge in [0.05, 0.1) is 29.8 Å². The summed E-state index contributed by atoms with van der Waals surface area (Å²) in [7, 11) is -0.622. The summed E-state index contributed by atoms with van der Waals surface area (Å²) >= 11 is 0. The predicted octanol–water partition coefficient (Wildman–Crippen LogP) is 5.53. The Morgan fingerprint density at radius 2 is 1.62 bits per heavy atom. The van der Waals surface area contributed by atoms with Crippen molar-refractivity contribution in [3.8, 4) is 17.2 Å². The molecule has 8 nitrogen and oxygen atoms in total. The van der Waals surface area contributed by atoms with E-state index in [9.17, 15) is 18.5 Å². The number of rotatable bonds is 7. The van der Waals surface area contributed by atoms with Crippen LogP contribution in [0.3, 0.4) is 0 Å². The highest BCUT2D eigenvalue weighted by molar-refractivity contribution is 7.91. The Kier molecular flexibility index (Phi) is 6.47. The molecule has 190 valence electrons. The van der Waals surface area contributed by atoms with Crippen molar-refractivity contribution in [2.75, 3.05) is 20.0 Å².